The molecule has 0 aliphatic carbocycles. The third-order valence-electron chi connectivity index (χ3n) is 4.48. The second kappa shape index (κ2) is 7.44. The van der Waals surface area contributed by atoms with Gasteiger partial charge in [0.25, 0.3) is 0 Å². The van der Waals surface area contributed by atoms with Crippen molar-refractivity contribution in [2.75, 3.05) is 24.6 Å². The molecular formula is C17H16F3N7OS. The van der Waals surface area contributed by atoms with Gasteiger partial charge in [0.2, 0.25) is 0 Å². The van der Waals surface area contributed by atoms with Crippen molar-refractivity contribution in [3.8, 4) is 11.5 Å². The van der Waals surface area contributed by atoms with Crippen molar-refractivity contribution >= 4 is 28.3 Å². The molecule has 1 fully saturated rings. The number of hydrogen-bond donors (Lipinski definition) is 2. The maximum atomic E-state index is 13.0. The van der Waals surface area contributed by atoms with Crippen LogP contribution < -0.4 is 10.6 Å². The fourth-order valence-corrected chi connectivity index (χ4v) is 3.86. The first-order valence-electron chi connectivity index (χ1n) is 8.57. The maximum absolute atomic E-state index is 13.0. The Morgan fingerprint density at radius 1 is 1.38 bits per heavy atom. The number of imidazole rings is 1. The van der Waals surface area contributed by atoms with E-state index in [-0.39, 0.29) is 16.9 Å². The SMILES string of the molecule is N=CC(=CN)[C@@H]1CN(c2ccnc(-c3cnc4sc(C(F)(F)F)cn34)n2)CCO1. The number of alkyl halides is 3. The highest BCUT2D eigenvalue weighted by atomic mass is 32.1. The number of morpholine rings is 1. The molecule has 0 unspecified atom stereocenters. The molecule has 4 heterocycles. The summed E-state index contributed by atoms with van der Waals surface area (Å²) >= 11 is 0.566. The average molecular weight is 423 g/mol. The fourth-order valence-electron chi connectivity index (χ4n) is 3.04. The Bertz CT molecular complexity index is 1070. The first kappa shape index (κ1) is 19.3. The molecule has 1 atom stereocenters. The zero-order chi connectivity index (χ0) is 20.6. The average Bonchev–Trinajstić information content (AvgIpc) is 3.30. The van der Waals surface area contributed by atoms with Gasteiger partial charge in [-0.15, -0.1) is 0 Å². The Hall–Kier alpha value is -2.99. The highest BCUT2D eigenvalue weighted by molar-refractivity contribution is 7.17. The lowest BCUT2D eigenvalue weighted by Gasteiger charge is -2.34. The van der Waals surface area contributed by atoms with Crippen LogP contribution in [-0.2, 0) is 10.9 Å². The molecule has 4 rings (SSSR count). The third kappa shape index (κ3) is 3.68. The molecule has 3 N–H and O–H groups in total. The Labute approximate surface area is 167 Å². The molecule has 0 radical (unpaired) electrons. The number of anilines is 1. The molecule has 1 aliphatic heterocycles. The van der Waals surface area contributed by atoms with Crippen molar-refractivity contribution in [1.82, 2.24) is 19.4 Å². The van der Waals surface area contributed by atoms with Gasteiger partial charge in [-0.3, -0.25) is 4.40 Å². The van der Waals surface area contributed by atoms with E-state index in [0.29, 0.717) is 48.1 Å². The minimum absolute atomic E-state index is 0.219. The molecule has 1 aliphatic rings. The van der Waals surface area contributed by atoms with Crippen LogP contribution in [-0.4, -0.2) is 51.4 Å². The molecule has 1 saturated heterocycles. The second-order valence-electron chi connectivity index (χ2n) is 6.24. The molecule has 29 heavy (non-hydrogen) atoms. The van der Waals surface area contributed by atoms with E-state index in [1.54, 1.807) is 12.3 Å². The topological polar surface area (TPSA) is 105 Å². The number of nitrogens with two attached hydrogens (primary N) is 1. The summed E-state index contributed by atoms with van der Waals surface area (Å²) in [5.41, 5.74) is 6.48. The molecule has 3 aromatic heterocycles. The number of thiazole rings is 1. The lowest BCUT2D eigenvalue weighted by Crippen LogP contribution is -2.44. The number of ether oxygens (including phenoxy) is 1. The first-order valence-corrected chi connectivity index (χ1v) is 9.38. The van der Waals surface area contributed by atoms with Crippen LogP contribution in [0.4, 0.5) is 19.0 Å². The molecule has 152 valence electrons. The highest BCUT2D eigenvalue weighted by Crippen LogP contribution is 2.36. The standard InChI is InChI=1S/C17H16F3N7OS/c18-17(19,20)13-9-27-11(7-24-16(27)29-13)15-23-2-1-14(25-15)26-3-4-28-12(8-26)10(5-21)6-22/h1-2,5-7,9,12,21H,3-4,8,22H2/t12-/m0/s1. The number of halogens is 3. The molecule has 0 bridgehead atoms. The number of rotatable bonds is 4. The molecule has 12 heteroatoms. The van der Waals surface area contributed by atoms with Crippen LogP contribution in [0.15, 0.2) is 36.4 Å². The van der Waals surface area contributed by atoms with Crippen LogP contribution in [0.2, 0.25) is 0 Å². The predicted molar refractivity (Wildman–Crippen MR) is 102 cm³/mol. The van der Waals surface area contributed by atoms with Crippen molar-refractivity contribution in [2.45, 2.75) is 12.3 Å². The molecule has 8 nitrogen and oxygen atoms in total. The van der Waals surface area contributed by atoms with Gasteiger partial charge < -0.3 is 20.8 Å². The Morgan fingerprint density at radius 3 is 2.93 bits per heavy atom. The van der Waals surface area contributed by atoms with Crippen molar-refractivity contribution in [1.29, 1.82) is 5.41 Å². The summed E-state index contributed by atoms with van der Waals surface area (Å²) in [5, 5.41) is 7.43. The van der Waals surface area contributed by atoms with Gasteiger partial charge in [-0.2, -0.15) is 13.2 Å². The van der Waals surface area contributed by atoms with Gasteiger partial charge in [0, 0.05) is 43.5 Å². The molecule has 0 saturated carbocycles. The Balaban J connectivity index is 1.65. The summed E-state index contributed by atoms with van der Waals surface area (Å²) in [5.74, 6) is 0.872. The predicted octanol–water partition coefficient (Wildman–Crippen LogP) is 2.57. The zero-order valence-corrected chi connectivity index (χ0v) is 15.7. The Morgan fingerprint density at radius 2 is 2.21 bits per heavy atom. The van der Waals surface area contributed by atoms with Crippen molar-refractivity contribution in [2.24, 2.45) is 5.73 Å². The largest absolute Gasteiger partial charge is 0.427 e. The van der Waals surface area contributed by atoms with E-state index in [9.17, 15) is 13.2 Å². The van der Waals surface area contributed by atoms with Crippen LogP contribution in [0.5, 0.6) is 0 Å². The summed E-state index contributed by atoms with van der Waals surface area (Å²) in [6.45, 7) is 1.43. The minimum atomic E-state index is -4.43. The maximum Gasteiger partial charge on any atom is 0.427 e. The van der Waals surface area contributed by atoms with Gasteiger partial charge in [-0.25, -0.2) is 15.0 Å². The van der Waals surface area contributed by atoms with Crippen molar-refractivity contribution in [3.63, 3.8) is 0 Å². The number of fused-ring (bicyclic) bond motifs is 1. The van der Waals surface area contributed by atoms with Gasteiger partial charge >= 0.3 is 6.18 Å². The van der Waals surface area contributed by atoms with E-state index < -0.39 is 11.1 Å². The lowest BCUT2D eigenvalue weighted by atomic mass is 10.1. The molecule has 0 aromatic carbocycles. The lowest BCUT2D eigenvalue weighted by molar-refractivity contribution is -0.134. The van der Waals surface area contributed by atoms with E-state index in [2.05, 4.69) is 15.0 Å². The summed E-state index contributed by atoms with van der Waals surface area (Å²) < 4.78 is 46.0. The van der Waals surface area contributed by atoms with Crippen LogP contribution in [0.1, 0.15) is 4.88 Å². The van der Waals surface area contributed by atoms with E-state index in [1.807, 2.05) is 4.90 Å². The molecule has 3 aromatic rings. The normalized spacial score (nSPS) is 18.4. The number of aromatic nitrogens is 4. The van der Waals surface area contributed by atoms with Crippen molar-refractivity contribution < 1.29 is 17.9 Å². The molecule has 0 amide bonds. The summed E-state index contributed by atoms with van der Waals surface area (Å²) in [7, 11) is 0. The Kier molecular flexibility index (Phi) is 4.96. The van der Waals surface area contributed by atoms with Gasteiger partial charge in [0.1, 0.15) is 22.5 Å². The van der Waals surface area contributed by atoms with Crippen LogP contribution in [0.3, 0.4) is 0 Å². The van der Waals surface area contributed by atoms with Gasteiger partial charge in [-0.05, 0) is 6.07 Å². The number of hydrogen-bond acceptors (Lipinski definition) is 8. The summed E-state index contributed by atoms with van der Waals surface area (Å²) in [6, 6.07) is 1.72. The third-order valence-corrected chi connectivity index (χ3v) is 5.52. The summed E-state index contributed by atoms with van der Waals surface area (Å²) in [4.78, 5) is 14.2. The highest BCUT2D eigenvalue weighted by Gasteiger charge is 2.34. The van der Waals surface area contributed by atoms with Gasteiger partial charge in [-0.1, -0.05) is 11.3 Å². The summed E-state index contributed by atoms with van der Waals surface area (Å²) in [6.07, 6.45) is 1.70. The minimum Gasteiger partial charge on any atom is -0.404 e. The van der Waals surface area contributed by atoms with Crippen LogP contribution in [0, 0.1) is 5.41 Å². The van der Waals surface area contributed by atoms with Crippen molar-refractivity contribution in [3.05, 3.63) is 41.3 Å². The van der Waals surface area contributed by atoms with Gasteiger partial charge in [0.15, 0.2) is 10.8 Å². The second-order valence-corrected chi connectivity index (χ2v) is 7.25. The quantitative estimate of drug-likeness (QED) is 0.625. The molecule has 0 spiro atoms. The van der Waals surface area contributed by atoms with E-state index in [1.165, 1.54) is 16.8 Å². The van der Waals surface area contributed by atoms with E-state index in [0.717, 1.165) is 12.4 Å². The fraction of sp³-hybridized carbons (Fsp3) is 0.294. The van der Waals surface area contributed by atoms with E-state index in [4.69, 9.17) is 15.9 Å². The van der Waals surface area contributed by atoms with Crippen LogP contribution >= 0.6 is 11.3 Å². The first-order chi connectivity index (χ1) is 13.9. The van der Waals surface area contributed by atoms with Gasteiger partial charge in [0.05, 0.1) is 12.8 Å². The number of nitrogens with zero attached hydrogens (tertiary/aromatic N) is 5. The smallest absolute Gasteiger partial charge is 0.404 e. The van der Waals surface area contributed by atoms with E-state index >= 15 is 0 Å². The zero-order valence-electron chi connectivity index (χ0n) is 14.9. The monoisotopic (exact) mass is 423 g/mol. The number of nitrogens with one attached hydrogen (secondary N) is 1. The van der Waals surface area contributed by atoms with Crippen LogP contribution in [0.25, 0.3) is 16.5 Å². The molecular weight excluding hydrogens is 407 g/mol.